The number of carbonyl (C=O) groups excluding carboxylic acids is 1. The molecule has 1 amide bonds. The number of aromatic nitrogens is 1. The molecule has 0 aromatic carbocycles. The second-order valence-corrected chi connectivity index (χ2v) is 5.00. The molecule has 0 spiro atoms. The van der Waals surface area contributed by atoms with E-state index in [1.165, 1.54) is 0 Å². The minimum Gasteiger partial charge on any atom is -0.389 e. The van der Waals surface area contributed by atoms with E-state index >= 15 is 0 Å². The second kappa shape index (κ2) is 6.02. The van der Waals surface area contributed by atoms with E-state index < -0.39 is 6.10 Å². The fraction of sp³-hybridized carbons (Fsp3) is 0.571. The van der Waals surface area contributed by atoms with E-state index in [1.807, 2.05) is 12.1 Å². The average molecular weight is 263 g/mol. The first-order valence-corrected chi connectivity index (χ1v) is 6.72. The molecule has 0 unspecified atom stereocenters. The third-order valence-corrected chi connectivity index (χ3v) is 3.69. The highest BCUT2D eigenvalue weighted by Gasteiger charge is 2.24. The van der Waals surface area contributed by atoms with Gasteiger partial charge in [0.1, 0.15) is 5.82 Å². The molecule has 2 rings (SSSR count). The number of hydrogen-bond acceptors (Lipinski definition) is 4. The van der Waals surface area contributed by atoms with Crippen molar-refractivity contribution in [2.24, 2.45) is 5.92 Å². The van der Waals surface area contributed by atoms with Crippen LogP contribution in [0.25, 0.3) is 0 Å². The molecule has 1 saturated heterocycles. The Labute approximate surface area is 113 Å². The molecule has 5 nitrogen and oxygen atoms in total. The van der Waals surface area contributed by atoms with Gasteiger partial charge in [0, 0.05) is 32.3 Å². The standard InChI is InChI=1S/C14H21N3O2/c1-10(18)12-3-6-16-13(9-12)17-7-4-11(5-8-17)14(19)15-2/h3,6,9-11,18H,4-5,7-8H2,1-2H3,(H,15,19)/t10-/m0/s1. The van der Waals surface area contributed by atoms with Gasteiger partial charge in [0.05, 0.1) is 6.10 Å². The van der Waals surface area contributed by atoms with Crippen molar-refractivity contribution in [3.63, 3.8) is 0 Å². The maximum Gasteiger partial charge on any atom is 0.222 e. The summed E-state index contributed by atoms with van der Waals surface area (Å²) < 4.78 is 0. The van der Waals surface area contributed by atoms with Crippen molar-refractivity contribution >= 4 is 11.7 Å². The van der Waals surface area contributed by atoms with Crippen molar-refractivity contribution in [2.75, 3.05) is 25.0 Å². The lowest BCUT2D eigenvalue weighted by atomic mass is 9.96. The molecule has 1 aliphatic heterocycles. The molecule has 1 aromatic heterocycles. The van der Waals surface area contributed by atoms with E-state index in [-0.39, 0.29) is 11.8 Å². The summed E-state index contributed by atoms with van der Waals surface area (Å²) in [7, 11) is 1.68. The van der Waals surface area contributed by atoms with E-state index in [1.54, 1.807) is 20.2 Å². The zero-order valence-corrected chi connectivity index (χ0v) is 11.5. The van der Waals surface area contributed by atoms with E-state index in [0.717, 1.165) is 37.3 Å². The van der Waals surface area contributed by atoms with Crippen molar-refractivity contribution in [3.8, 4) is 0 Å². The Bertz CT molecular complexity index is 440. The van der Waals surface area contributed by atoms with Crippen LogP contribution in [-0.2, 0) is 4.79 Å². The Morgan fingerprint density at radius 3 is 2.79 bits per heavy atom. The summed E-state index contributed by atoms with van der Waals surface area (Å²) in [5, 5.41) is 12.3. The Hall–Kier alpha value is -1.62. The van der Waals surface area contributed by atoms with Gasteiger partial charge in [-0.15, -0.1) is 0 Å². The molecule has 0 bridgehead atoms. The summed E-state index contributed by atoms with van der Waals surface area (Å²) in [5.41, 5.74) is 0.874. The van der Waals surface area contributed by atoms with Crippen molar-refractivity contribution in [2.45, 2.75) is 25.9 Å². The number of carbonyl (C=O) groups is 1. The highest BCUT2D eigenvalue weighted by molar-refractivity contribution is 5.78. The molecule has 0 aliphatic carbocycles. The van der Waals surface area contributed by atoms with Gasteiger partial charge in [-0.05, 0) is 37.5 Å². The van der Waals surface area contributed by atoms with Crippen molar-refractivity contribution < 1.29 is 9.90 Å². The summed E-state index contributed by atoms with van der Waals surface area (Å²) in [5.74, 6) is 1.13. The first kappa shape index (κ1) is 13.8. The minimum absolute atomic E-state index is 0.112. The molecule has 104 valence electrons. The fourth-order valence-corrected chi connectivity index (χ4v) is 2.44. The molecule has 1 aromatic rings. The Morgan fingerprint density at radius 2 is 2.21 bits per heavy atom. The van der Waals surface area contributed by atoms with Gasteiger partial charge in [-0.3, -0.25) is 4.79 Å². The number of pyridine rings is 1. The van der Waals surface area contributed by atoms with Gasteiger partial charge in [0.15, 0.2) is 0 Å². The number of nitrogens with zero attached hydrogens (tertiary/aromatic N) is 2. The number of hydrogen-bond donors (Lipinski definition) is 2. The minimum atomic E-state index is -0.481. The van der Waals surface area contributed by atoms with Crippen LogP contribution in [0.5, 0.6) is 0 Å². The van der Waals surface area contributed by atoms with Crippen LogP contribution in [0, 0.1) is 5.92 Å². The van der Waals surface area contributed by atoms with Crippen LogP contribution in [-0.4, -0.2) is 36.1 Å². The first-order valence-electron chi connectivity index (χ1n) is 6.72. The number of amides is 1. The molecule has 5 heteroatoms. The maximum absolute atomic E-state index is 11.6. The van der Waals surface area contributed by atoms with Crippen molar-refractivity contribution in [1.82, 2.24) is 10.3 Å². The quantitative estimate of drug-likeness (QED) is 0.857. The Kier molecular flexibility index (Phi) is 4.37. The Balaban J connectivity index is 2.01. The topological polar surface area (TPSA) is 65.5 Å². The van der Waals surface area contributed by atoms with Crippen molar-refractivity contribution in [3.05, 3.63) is 23.9 Å². The van der Waals surface area contributed by atoms with Crippen LogP contribution in [0.3, 0.4) is 0 Å². The molecule has 0 radical (unpaired) electrons. The van der Waals surface area contributed by atoms with Gasteiger partial charge in [0.25, 0.3) is 0 Å². The molecule has 2 heterocycles. The summed E-state index contributed by atoms with van der Waals surface area (Å²) >= 11 is 0. The smallest absolute Gasteiger partial charge is 0.222 e. The predicted octanol–water partition coefficient (Wildman–Crippen LogP) is 1.10. The molecule has 1 aliphatic rings. The lowest BCUT2D eigenvalue weighted by Gasteiger charge is -2.32. The molecule has 19 heavy (non-hydrogen) atoms. The van der Waals surface area contributed by atoms with Gasteiger partial charge >= 0.3 is 0 Å². The maximum atomic E-state index is 11.6. The van der Waals surface area contributed by atoms with Crippen molar-refractivity contribution in [1.29, 1.82) is 0 Å². The van der Waals surface area contributed by atoms with Crippen LogP contribution in [0.4, 0.5) is 5.82 Å². The molecule has 2 N–H and O–H groups in total. The summed E-state index contributed by atoms with van der Waals surface area (Å²) in [4.78, 5) is 18.1. The van der Waals surface area contributed by atoms with Crippen LogP contribution < -0.4 is 10.2 Å². The lowest BCUT2D eigenvalue weighted by Crippen LogP contribution is -2.39. The first-order chi connectivity index (χ1) is 9.11. The highest BCUT2D eigenvalue weighted by Crippen LogP contribution is 2.24. The highest BCUT2D eigenvalue weighted by atomic mass is 16.3. The summed E-state index contributed by atoms with van der Waals surface area (Å²) in [6, 6.07) is 3.75. The second-order valence-electron chi connectivity index (χ2n) is 5.00. The zero-order chi connectivity index (χ0) is 13.8. The predicted molar refractivity (Wildman–Crippen MR) is 73.9 cm³/mol. The van der Waals surface area contributed by atoms with E-state index in [9.17, 15) is 9.90 Å². The number of piperidine rings is 1. The largest absolute Gasteiger partial charge is 0.389 e. The van der Waals surface area contributed by atoms with Gasteiger partial charge in [-0.25, -0.2) is 4.98 Å². The normalized spacial score (nSPS) is 18.2. The molecular formula is C14H21N3O2. The molecule has 0 saturated carbocycles. The number of aliphatic hydroxyl groups is 1. The lowest BCUT2D eigenvalue weighted by molar-refractivity contribution is -0.125. The average Bonchev–Trinajstić information content (AvgIpc) is 2.46. The van der Waals surface area contributed by atoms with Gasteiger partial charge in [0.2, 0.25) is 5.91 Å². The third-order valence-electron chi connectivity index (χ3n) is 3.69. The van der Waals surface area contributed by atoms with Gasteiger partial charge in [-0.2, -0.15) is 0 Å². The summed E-state index contributed by atoms with van der Waals surface area (Å²) in [6.07, 6.45) is 2.94. The Morgan fingerprint density at radius 1 is 1.53 bits per heavy atom. The fourth-order valence-electron chi connectivity index (χ4n) is 2.44. The number of rotatable bonds is 3. The van der Waals surface area contributed by atoms with Crippen LogP contribution >= 0.6 is 0 Å². The number of nitrogens with one attached hydrogen (secondary N) is 1. The van der Waals surface area contributed by atoms with Gasteiger partial charge in [-0.1, -0.05) is 0 Å². The van der Waals surface area contributed by atoms with E-state index in [2.05, 4.69) is 15.2 Å². The van der Waals surface area contributed by atoms with Crippen LogP contribution in [0.2, 0.25) is 0 Å². The van der Waals surface area contributed by atoms with Crippen LogP contribution in [0.1, 0.15) is 31.4 Å². The number of aliphatic hydroxyl groups excluding tert-OH is 1. The van der Waals surface area contributed by atoms with E-state index in [0.29, 0.717) is 0 Å². The third kappa shape index (κ3) is 3.23. The SMILES string of the molecule is CNC(=O)C1CCN(c2cc([C@H](C)O)ccn2)CC1. The van der Waals surface area contributed by atoms with Gasteiger partial charge < -0.3 is 15.3 Å². The molecular weight excluding hydrogens is 242 g/mol. The molecule has 1 fully saturated rings. The van der Waals surface area contributed by atoms with E-state index in [4.69, 9.17) is 0 Å². The summed E-state index contributed by atoms with van der Waals surface area (Å²) in [6.45, 7) is 3.40. The molecule has 1 atom stereocenters. The number of anilines is 1. The zero-order valence-electron chi connectivity index (χ0n) is 11.5. The van der Waals surface area contributed by atoms with Crippen LogP contribution in [0.15, 0.2) is 18.3 Å². The monoisotopic (exact) mass is 263 g/mol.